The average molecular weight is 383 g/mol. The fourth-order valence-corrected chi connectivity index (χ4v) is 4.24. The quantitative estimate of drug-likeness (QED) is 0.804. The van der Waals surface area contributed by atoms with E-state index in [0.717, 1.165) is 55.3 Å². The van der Waals surface area contributed by atoms with Crippen LogP contribution >= 0.6 is 0 Å². The SMILES string of the molecule is CC(C)[C@H](NC(=O)[C@@H]1CCN1)C(=O)N1CCC[C@H]1Cc1coc2ccccc12. The molecule has 0 unspecified atom stereocenters. The van der Waals surface area contributed by atoms with E-state index < -0.39 is 6.04 Å². The van der Waals surface area contributed by atoms with Crippen LogP contribution in [0.3, 0.4) is 0 Å². The summed E-state index contributed by atoms with van der Waals surface area (Å²) in [6.45, 7) is 5.60. The third kappa shape index (κ3) is 3.65. The molecule has 6 nitrogen and oxygen atoms in total. The Morgan fingerprint density at radius 3 is 2.79 bits per heavy atom. The number of furan rings is 1. The molecule has 28 heavy (non-hydrogen) atoms. The van der Waals surface area contributed by atoms with Gasteiger partial charge in [0.25, 0.3) is 0 Å². The highest BCUT2D eigenvalue weighted by Gasteiger charge is 2.37. The fourth-order valence-electron chi connectivity index (χ4n) is 4.24. The number of amides is 2. The molecule has 1 aromatic carbocycles. The number of hydrogen-bond acceptors (Lipinski definition) is 4. The Balaban J connectivity index is 1.47. The molecule has 0 bridgehead atoms. The summed E-state index contributed by atoms with van der Waals surface area (Å²) in [4.78, 5) is 27.7. The normalized spacial score (nSPS) is 23.0. The van der Waals surface area contributed by atoms with Crippen molar-refractivity contribution in [2.45, 2.75) is 57.7 Å². The second kappa shape index (κ2) is 7.95. The van der Waals surface area contributed by atoms with E-state index in [1.54, 1.807) is 0 Å². The lowest BCUT2D eigenvalue weighted by atomic mass is 9.98. The van der Waals surface area contributed by atoms with Gasteiger partial charge in [-0.2, -0.15) is 0 Å². The third-order valence-electron chi connectivity index (χ3n) is 6.05. The highest BCUT2D eigenvalue weighted by atomic mass is 16.3. The van der Waals surface area contributed by atoms with Crippen LogP contribution in [-0.4, -0.2) is 47.9 Å². The summed E-state index contributed by atoms with van der Waals surface area (Å²) in [6, 6.07) is 7.53. The first-order valence-corrected chi connectivity index (χ1v) is 10.3. The van der Waals surface area contributed by atoms with Crippen molar-refractivity contribution in [1.82, 2.24) is 15.5 Å². The zero-order valence-corrected chi connectivity index (χ0v) is 16.6. The van der Waals surface area contributed by atoms with Crippen molar-refractivity contribution in [3.63, 3.8) is 0 Å². The summed E-state index contributed by atoms with van der Waals surface area (Å²) in [5.74, 6) is 0.0281. The van der Waals surface area contributed by atoms with E-state index in [1.807, 2.05) is 43.2 Å². The van der Waals surface area contributed by atoms with Gasteiger partial charge in [0.1, 0.15) is 11.6 Å². The number of carbonyl (C=O) groups excluding carboxylic acids is 2. The molecule has 2 saturated heterocycles. The maximum Gasteiger partial charge on any atom is 0.245 e. The minimum Gasteiger partial charge on any atom is -0.464 e. The Labute approximate surface area is 165 Å². The van der Waals surface area contributed by atoms with Gasteiger partial charge in [0, 0.05) is 23.5 Å². The van der Waals surface area contributed by atoms with E-state index in [4.69, 9.17) is 4.42 Å². The van der Waals surface area contributed by atoms with Crippen molar-refractivity contribution < 1.29 is 14.0 Å². The molecule has 150 valence electrons. The van der Waals surface area contributed by atoms with Crippen molar-refractivity contribution in [2.24, 2.45) is 5.92 Å². The van der Waals surface area contributed by atoms with Gasteiger partial charge in [-0.1, -0.05) is 32.0 Å². The van der Waals surface area contributed by atoms with Gasteiger partial charge in [-0.15, -0.1) is 0 Å². The predicted octanol–water partition coefficient (Wildman–Crippen LogP) is 2.47. The van der Waals surface area contributed by atoms with E-state index in [-0.39, 0.29) is 29.8 Å². The molecular formula is C22H29N3O3. The van der Waals surface area contributed by atoms with Crippen molar-refractivity contribution in [1.29, 1.82) is 0 Å². The van der Waals surface area contributed by atoms with E-state index in [2.05, 4.69) is 16.7 Å². The Morgan fingerprint density at radius 2 is 2.07 bits per heavy atom. The van der Waals surface area contributed by atoms with Gasteiger partial charge in [0.15, 0.2) is 0 Å². The molecule has 2 amide bonds. The summed E-state index contributed by atoms with van der Waals surface area (Å²) < 4.78 is 5.67. The molecule has 0 spiro atoms. The number of nitrogens with zero attached hydrogens (tertiary/aromatic N) is 1. The van der Waals surface area contributed by atoms with Crippen LogP contribution in [0.25, 0.3) is 11.0 Å². The Morgan fingerprint density at radius 1 is 1.29 bits per heavy atom. The lowest BCUT2D eigenvalue weighted by molar-refractivity contribution is -0.139. The lowest BCUT2D eigenvalue weighted by Crippen LogP contribution is -2.59. The first-order chi connectivity index (χ1) is 13.5. The van der Waals surface area contributed by atoms with Gasteiger partial charge in [0.05, 0.1) is 12.3 Å². The van der Waals surface area contributed by atoms with E-state index in [0.29, 0.717) is 0 Å². The van der Waals surface area contributed by atoms with Gasteiger partial charge < -0.3 is 20.0 Å². The second-order valence-corrected chi connectivity index (χ2v) is 8.31. The first kappa shape index (κ1) is 19.0. The Hall–Kier alpha value is -2.34. The Kier molecular flexibility index (Phi) is 5.40. The maximum absolute atomic E-state index is 13.3. The second-order valence-electron chi connectivity index (χ2n) is 8.31. The van der Waals surface area contributed by atoms with Crippen LogP contribution < -0.4 is 10.6 Å². The number of rotatable bonds is 6. The van der Waals surface area contributed by atoms with Crippen LogP contribution in [0.2, 0.25) is 0 Å². The van der Waals surface area contributed by atoms with Crippen LogP contribution in [0.4, 0.5) is 0 Å². The molecule has 1 aromatic heterocycles. The molecule has 2 aromatic rings. The lowest BCUT2D eigenvalue weighted by Gasteiger charge is -2.33. The van der Waals surface area contributed by atoms with E-state index >= 15 is 0 Å². The van der Waals surface area contributed by atoms with Crippen molar-refractivity contribution in [3.05, 3.63) is 36.1 Å². The molecule has 0 saturated carbocycles. The minimum atomic E-state index is -0.475. The van der Waals surface area contributed by atoms with E-state index in [9.17, 15) is 9.59 Å². The standard InChI is InChI=1S/C22H29N3O3/c1-14(2)20(24-21(26)18-9-10-23-18)22(27)25-11-5-6-16(25)12-15-13-28-19-8-4-3-7-17(15)19/h3-4,7-8,13-14,16,18,20,23H,5-6,9-12H2,1-2H3,(H,24,26)/t16-,18-,20-/m0/s1. The third-order valence-corrected chi connectivity index (χ3v) is 6.05. The van der Waals surface area contributed by atoms with Crippen LogP contribution in [0.1, 0.15) is 38.7 Å². The zero-order chi connectivity index (χ0) is 19.7. The van der Waals surface area contributed by atoms with Gasteiger partial charge in [-0.25, -0.2) is 0 Å². The van der Waals surface area contributed by atoms with Gasteiger partial charge in [-0.3, -0.25) is 9.59 Å². The van der Waals surface area contributed by atoms with Crippen molar-refractivity contribution in [2.75, 3.05) is 13.1 Å². The highest BCUT2D eigenvalue weighted by molar-refractivity contribution is 5.90. The summed E-state index contributed by atoms with van der Waals surface area (Å²) in [6.07, 6.45) is 5.41. The molecule has 2 aliphatic rings. The maximum atomic E-state index is 13.3. The Bertz CT molecular complexity index is 856. The topological polar surface area (TPSA) is 74.6 Å². The number of likely N-dealkylation sites (tertiary alicyclic amines) is 1. The number of nitrogens with one attached hydrogen (secondary N) is 2. The number of fused-ring (bicyclic) bond motifs is 1. The van der Waals surface area contributed by atoms with Crippen LogP contribution in [0, 0.1) is 5.92 Å². The summed E-state index contributed by atoms with van der Waals surface area (Å²) >= 11 is 0. The molecule has 6 heteroatoms. The monoisotopic (exact) mass is 383 g/mol. The highest BCUT2D eigenvalue weighted by Crippen LogP contribution is 2.28. The van der Waals surface area contributed by atoms with Crippen LogP contribution in [0.5, 0.6) is 0 Å². The molecule has 3 heterocycles. The molecule has 2 N–H and O–H groups in total. The van der Waals surface area contributed by atoms with Crippen molar-refractivity contribution in [3.8, 4) is 0 Å². The number of hydrogen-bond donors (Lipinski definition) is 2. The molecule has 3 atom stereocenters. The fraction of sp³-hybridized carbons (Fsp3) is 0.545. The smallest absolute Gasteiger partial charge is 0.245 e. The van der Waals surface area contributed by atoms with Crippen LogP contribution in [-0.2, 0) is 16.0 Å². The molecule has 2 aliphatic heterocycles. The van der Waals surface area contributed by atoms with Gasteiger partial charge in [0.2, 0.25) is 11.8 Å². The first-order valence-electron chi connectivity index (χ1n) is 10.3. The largest absolute Gasteiger partial charge is 0.464 e. The summed E-state index contributed by atoms with van der Waals surface area (Å²) in [5.41, 5.74) is 2.03. The molecule has 2 fully saturated rings. The van der Waals surface area contributed by atoms with E-state index in [1.165, 1.54) is 0 Å². The van der Waals surface area contributed by atoms with Crippen molar-refractivity contribution >= 4 is 22.8 Å². The predicted molar refractivity (Wildman–Crippen MR) is 108 cm³/mol. The van der Waals surface area contributed by atoms with Gasteiger partial charge >= 0.3 is 0 Å². The average Bonchev–Trinajstić information content (AvgIpc) is 3.25. The minimum absolute atomic E-state index is 0.0398. The number of para-hydroxylation sites is 1. The van der Waals surface area contributed by atoms with Gasteiger partial charge in [-0.05, 0) is 44.2 Å². The summed E-state index contributed by atoms with van der Waals surface area (Å²) in [7, 11) is 0. The summed E-state index contributed by atoms with van der Waals surface area (Å²) in [5, 5.41) is 7.22. The van der Waals surface area contributed by atoms with Crippen LogP contribution in [0.15, 0.2) is 34.9 Å². The molecule has 4 rings (SSSR count). The molecular weight excluding hydrogens is 354 g/mol. The molecule has 0 aliphatic carbocycles. The zero-order valence-electron chi connectivity index (χ0n) is 16.6. The number of benzene rings is 1. The molecule has 0 radical (unpaired) electrons. The number of carbonyl (C=O) groups is 2.